The number of carbonyl (C=O) groups is 1. The number of aromatic nitrogens is 3. The van der Waals surface area contributed by atoms with Crippen molar-refractivity contribution in [2.45, 2.75) is 38.8 Å². The molecule has 21 heavy (non-hydrogen) atoms. The number of aryl methyl sites for hydroxylation is 1. The smallest absolute Gasteiger partial charge is 0.346 e. The van der Waals surface area contributed by atoms with Gasteiger partial charge in [0.05, 0.1) is 12.1 Å². The van der Waals surface area contributed by atoms with E-state index in [1.54, 1.807) is 28.8 Å². The lowest BCUT2D eigenvalue weighted by Gasteiger charge is -2.05. The highest BCUT2D eigenvalue weighted by atomic mass is 16.4. The molecule has 1 aliphatic heterocycles. The van der Waals surface area contributed by atoms with Crippen molar-refractivity contribution in [3.05, 3.63) is 51.7 Å². The largest absolute Gasteiger partial charge is 0.478 e. The summed E-state index contributed by atoms with van der Waals surface area (Å²) in [6.45, 7) is 0.899. The van der Waals surface area contributed by atoms with Crippen molar-refractivity contribution in [1.29, 1.82) is 0 Å². The van der Waals surface area contributed by atoms with Crippen LogP contribution in [0.2, 0.25) is 0 Å². The van der Waals surface area contributed by atoms with Gasteiger partial charge in [-0.25, -0.2) is 14.3 Å². The predicted octanol–water partition coefficient (Wildman–Crippen LogP) is 1.52. The van der Waals surface area contributed by atoms with Crippen LogP contribution in [-0.2, 0) is 19.5 Å². The Morgan fingerprint density at radius 2 is 2.05 bits per heavy atom. The third-order valence-corrected chi connectivity index (χ3v) is 3.85. The highest BCUT2D eigenvalue weighted by molar-refractivity contribution is 5.89. The number of rotatable bonds is 3. The molecular weight excluding hydrogens is 270 g/mol. The maximum absolute atomic E-state index is 12.4. The second-order valence-corrected chi connectivity index (χ2v) is 5.28. The van der Waals surface area contributed by atoms with Crippen LogP contribution in [0.1, 0.15) is 41.0 Å². The number of nitrogens with zero attached hydrogens (tertiary/aromatic N) is 3. The molecule has 3 rings (SSSR count). The minimum atomic E-state index is -0.987. The van der Waals surface area contributed by atoms with Gasteiger partial charge in [0.1, 0.15) is 5.82 Å². The summed E-state index contributed by atoms with van der Waals surface area (Å²) < 4.78 is 3.10. The highest BCUT2D eigenvalue weighted by Gasteiger charge is 2.17. The molecule has 0 radical (unpaired) electrons. The van der Waals surface area contributed by atoms with E-state index >= 15 is 0 Å². The highest BCUT2D eigenvalue weighted by Crippen LogP contribution is 2.13. The van der Waals surface area contributed by atoms with E-state index in [9.17, 15) is 14.7 Å². The summed E-state index contributed by atoms with van der Waals surface area (Å²) in [7, 11) is 0. The Labute approximate surface area is 121 Å². The Morgan fingerprint density at radius 1 is 1.24 bits per heavy atom. The summed E-state index contributed by atoms with van der Waals surface area (Å²) in [5.74, 6) is -0.176. The van der Waals surface area contributed by atoms with Gasteiger partial charge in [0.15, 0.2) is 0 Å². The first-order valence-corrected chi connectivity index (χ1v) is 7.14. The lowest BCUT2D eigenvalue weighted by atomic mass is 10.1. The van der Waals surface area contributed by atoms with Crippen molar-refractivity contribution in [3.63, 3.8) is 0 Å². The summed E-state index contributed by atoms with van der Waals surface area (Å²) in [5, 5.41) is 13.6. The molecule has 2 heterocycles. The Morgan fingerprint density at radius 3 is 2.86 bits per heavy atom. The van der Waals surface area contributed by atoms with Crippen LogP contribution < -0.4 is 5.69 Å². The summed E-state index contributed by atoms with van der Waals surface area (Å²) in [4.78, 5) is 23.6. The molecule has 2 aromatic rings. The van der Waals surface area contributed by atoms with Crippen LogP contribution in [0.5, 0.6) is 0 Å². The molecule has 1 aromatic heterocycles. The molecule has 6 nitrogen and oxygen atoms in total. The van der Waals surface area contributed by atoms with Crippen molar-refractivity contribution in [1.82, 2.24) is 14.3 Å². The second kappa shape index (κ2) is 5.55. The van der Waals surface area contributed by atoms with Crippen LogP contribution in [0.15, 0.2) is 29.1 Å². The molecule has 0 fully saturated rings. The van der Waals surface area contributed by atoms with E-state index in [-0.39, 0.29) is 17.8 Å². The Kier molecular flexibility index (Phi) is 3.60. The molecule has 0 atom stereocenters. The molecule has 110 valence electrons. The molecule has 0 saturated heterocycles. The molecule has 1 aliphatic rings. The minimum Gasteiger partial charge on any atom is -0.478 e. The van der Waals surface area contributed by atoms with E-state index < -0.39 is 5.97 Å². The van der Waals surface area contributed by atoms with Crippen LogP contribution in [0, 0.1) is 0 Å². The molecule has 0 unspecified atom stereocenters. The zero-order chi connectivity index (χ0) is 14.8. The van der Waals surface area contributed by atoms with Crippen molar-refractivity contribution in [3.8, 4) is 0 Å². The van der Waals surface area contributed by atoms with Crippen molar-refractivity contribution in [2.75, 3.05) is 0 Å². The Bertz CT molecular complexity index is 730. The molecule has 1 N–H and O–H groups in total. The van der Waals surface area contributed by atoms with E-state index in [1.165, 1.54) is 4.68 Å². The first-order valence-electron chi connectivity index (χ1n) is 7.14. The number of aromatic carboxylic acids is 1. The molecule has 0 saturated carbocycles. The van der Waals surface area contributed by atoms with Gasteiger partial charge in [-0.2, -0.15) is 5.10 Å². The van der Waals surface area contributed by atoms with E-state index in [1.807, 2.05) is 0 Å². The van der Waals surface area contributed by atoms with Gasteiger partial charge in [0.25, 0.3) is 0 Å². The van der Waals surface area contributed by atoms with Crippen molar-refractivity contribution >= 4 is 5.97 Å². The van der Waals surface area contributed by atoms with Gasteiger partial charge in [-0.15, -0.1) is 0 Å². The van der Waals surface area contributed by atoms with Gasteiger partial charge in [0.2, 0.25) is 0 Å². The Balaban J connectivity index is 1.96. The van der Waals surface area contributed by atoms with Gasteiger partial charge < -0.3 is 5.11 Å². The average molecular weight is 287 g/mol. The number of carboxylic acid groups (broad SMARTS) is 1. The minimum absolute atomic E-state index is 0.146. The number of hydrogen-bond donors (Lipinski definition) is 1. The fourth-order valence-electron chi connectivity index (χ4n) is 2.76. The third-order valence-electron chi connectivity index (χ3n) is 3.85. The SMILES string of the molecule is O=C(O)c1ccccc1Cn1nc2n(c1=O)CCCCC2. The van der Waals surface area contributed by atoms with Gasteiger partial charge in [-0.3, -0.25) is 4.57 Å². The number of carboxylic acids is 1. The van der Waals surface area contributed by atoms with E-state index in [0.717, 1.165) is 31.5 Å². The summed E-state index contributed by atoms with van der Waals surface area (Å²) >= 11 is 0. The van der Waals surface area contributed by atoms with Crippen LogP contribution in [0.4, 0.5) is 0 Å². The average Bonchev–Trinajstić information content (AvgIpc) is 2.66. The Hall–Kier alpha value is -2.37. The molecule has 0 bridgehead atoms. The summed E-state index contributed by atoms with van der Waals surface area (Å²) in [5.41, 5.74) is 0.667. The first kappa shape index (κ1) is 13.6. The van der Waals surface area contributed by atoms with E-state index in [2.05, 4.69) is 5.10 Å². The maximum atomic E-state index is 12.4. The van der Waals surface area contributed by atoms with Crippen LogP contribution in [0.3, 0.4) is 0 Å². The fraction of sp³-hybridized carbons (Fsp3) is 0.400. The monoisotopic (exact) mass is 287 g/mol. The maximum Gasteiger partial charge on any atom is 0.346 e. The lowest BCUT2D eigenvalue weighted by Crippen LogP contribution is -2.26. The zero-order valence-electron chi connectivity index (χ0n) is 11.7. The molecular formula is C15H17N3O3. The fourth-order valence-corrected chi connectivity index (χ4v) is 2.76. The van der Waals surface area contributed by atoms with Gasteiger partial charge in [-0.05, 0) is 24.5 Å². The van der Waals surface area contributed by atoms with Gasteiger partial charge in [-0.1, -0.05) is 24.6 Å². The van der Waals surface area contributed by atoms with E-state index in [4.69, 9.17) is 0 Å². The predicted molar refractivity (Wildman–Crippen MR) is 76.5 cm³/mol. The first-order chi connectivity index (χ1) is 10.2. The zero-order valence-corrected chi connectivity index (χ0v) is 11.7. The normalized spacial score (nSPS) is 14.5. The summed E-state index contributed by atoms with van der Waals surface area (Å²) in [6, 6.07) is 6.72. The van der Waals surface area contributed by atoms with E-state index in [0.29, 0.717) is 12.1 Å². The van der Waals surface area contributed by atoms with Crippen molar-refractivity contribution < 1.29 is 9.90 Å². The molecule has 0 spiro atoms. The van der Waals surface area contributed by atoms with Crippen LogP contribution >= 0.6 is 0 Å². The molecule has 1 aromatic carbocycles. The van der Waals surface area contributed by atoms with Crippen LogP contribution in [-0.4, -0.2) is 25.4 Å². The molecule has 6 heteroatoms. The molecule has 0 amide bonds. The quantitative estimate of drug-likeness (QED) is 0.928. The van der Waals surface area contributed by atoms with Gasteiger partial charge >= 0.3 is 11.7 Å². The second-order valence-electron chi connectivity index (χ2n) is 5.28. The standard InChI is InChI=1S/C15H17N3O3/c19-14(20)12-7-4-3-6-11(12)10-18-15(21)17-9-5-1-2-8-13(17)16-18/h3-4,6-7H,1-2,5,8-10H2,(H,19,20). The molecule has 0 aliphatic carbocycles. The third kappa shape index (κ3) is 2.61. The van der Waals surface area contributed by atoms with Crippen LogP contribution in [0.25, 0.3) is 0 Å². The topological polar surface area (TPSA) is 77.1 Å². The lowest BCUT2D eigenvalue weighted by molar-refractivity contribution is 0.0695. The van der Waals surface area contributed by atoms with Crippen molar-refractivity contribution in [2.24, 2.45) is 0 Å². The number of benzene rings is 1. The number of hydrogen-bond acceptors (Lipinski definition) is 3. The number of fused-ring (bicyclic) bond motifs is 1. The van der Waals surface area contributed by atoms with Gasteiger partial charge in [0, 0.05) is 13.0 Å². The summed E-state index contributed by atoms with van der Waals surface area (Å²) in [6.07, 6.45) is 3.96.